The van der Waals surface area contributed by atoms with Gasteiger partial charge in [-0.1, -0.05) is 12.1 Å². The Morgan fingerprint density at radius 1 is 1.29 bits per heavy atom. The number of hydrogen-bond acceptors (Lipinski definition) is 5. The van der Waals surface area contributed by atoms with Crippen LogP contribution in [0, 0.1) is 10.1 Å². The number of hydrogen-bond donors (Lipinski definition) is 1. The van der Waals surface area contributed by atoms with E-state index in [-0.39, 0.29) is 17.1 Å². The number of nitrogens with zero attached hydrogens (tertiary/aromatic N) is 2. The Bertz CT molecular complexity index is 859. The van der Waals surface area contributed by atoms with Gasteiger partial charge in [0.15, 0.2) is 5.75 Å². The fourth-order valence-electron chi connectivity index (χ4n) is 1.85. The van der Waals surface area contributed by atoms with Gasteiger partial charge in [-0.15, -0.1) is 0 Å². The molecule has 0 aliphatic carbocycles. The maximum atomic E-state index is 12.6. The third kappa shape index (κ3) is 3.97. The van der Waals surface area contributed by atoms with Gasteiger partial charge in [-0.05, 0) is 23.8 Å². The van der Waals surface area contributed by atoms with Crippen molar-refractivity contribution in [3.05, 3.63) is 61.8 Å². The molecule has 0 unspecified atom stereocenters. The maximum Gasteiger partial charge on any atom is 0.431 e. The lowest BCUT2D eigenvalue weighted by molar-refractivity contribution is -0.385. The van der Waals surface area contributed by atoms with Gasteiger partial charge < -0.3 is 9.72 Å². The highest BCUT2D eigenvalue weighted by molar-refractivity contribution is 5.70. The van der Waals surface area contributed by atoms with Gasteiger partial charge >= 0.3 is 17.6 Å². The standard InChI is InChI=1S/C14H10F3N3O4/c1-24-11-5-3-8(6-10(11)20(22)23)2-4-9-7-12(14(15,16)17)19-13(21)18-9/h2-7H,1H3,(H,18,19,21)/b4-2+. The number of nitro benzene ring substituents is 1. The summed E-state index contributed by atoms with van der Waals surface area (Å²) in [6, 6.07) is 4.67. The van der Waals surface area contributed by atoms with Crippen molar-refractivity contribution in [3.8, 4) is 5.75 Å². The van der Waals surface area contributed by atoms with Crippen molar-refractivity contribution in [3.63, 3.8) is 0 Å². The minimum atomic E-state index is -4.72. The first-order valence-corrected chi connectivity index (χ1v) is 6.40. The van der Waals surface area contributed by atoms with Crippen LogP contribution in [0.1, 0.15) is 17.0 Å². The van der Waals surface area contributed by atoms with E-state index in [9.17, 15) is 28.1 Å². The summed E-state index contributed by atoms with van der Waals surface area (Å²) >= 11 is 0. The Hall–Kier alpha value is -3.17. The third-order valence-corrected chi connectivity index (χ3v) is 2.92. The van der Waals surface area contributed by atoms with Crippen LogP contribution in [-0.4, -0.2) is 22.0 Å². The van der Waals surface area contributed by atoms with Crippen LogP contribution in [0.3, 0.4) is 0 Å². The molecule has 0 fully saturated rings. The van der Waals surface area contributed by atoms with Crippen molar-refractivity contribution in [2.45, 2.75) is 6.18 Å². The van der Waals surface area contributed by atoms with Crippen molar-refractivity contribution < 1.29 is 22.8 Å². The zero-order valence-corrected chi connectivity index (χ0v) is 12.1. The Labute approximate surface area is 132 Å². The summed E-state index contributed by atoms with van der Waals surface area (Å²) in [4.78, 5) is 26.5. The third-order valence-electron chi connectivity index (χ3n) is 2.92. The lowest BCUT2D eigenvalue weighted by Crippen LogP contribution is -2.19. The Kier molecular flexibility index (Phi) is 4.67. The highest BCUT2D eigenvalue weighted by Gasteiger charge is 2.32. The van der Waals surface area contributed by atoms with Crippen LogP contribution in [0.15, 0.2) is 29.1 Å². The zero-order valence-electron chi connectivity index (χ0n) is 12.1. The lowest BCUT2D eigenvalue weighted by Gasteiger charge is -2.06. The number of halogens is 3. The van der Waals surface area contributed by atoms with E-state index in [2.05, 4.69) is 4.98 Å². The molecule has 0 saturated heterocycles. The quantitative estimate of drug-likeness (QED) is 0.681. The fraction of sp³-hybridized carbons (Fsp3) is 0.143. The number of nitro groups is 1. The first kappa shape index (κ1) is 17.2. The average Bonchev–Trinajstić information content (AvgIpc) is 2.51. The molecule has 1 heterocycles. The van der Waals surface area contributed by atoms with E-state index in [1.54, 1.807) is 4.98 Å². The molecule has 0 amide bonds. The molecule has 0 bridgehead atoms. The van der Waals surface area contributed by atoms with E-state index >= 15 is 0 Å². The van der Waals surface area contributed by atoms with Gasteiger partial charge in [0.05, 0.1) is 17.7 Å². The van der Waals surface area contributed by atoms with Crippen molar-refractivity contribution in [2.24, 2.45) is 0 Å². The summed E-state index contributed by atoms with van der Waals surface area (Å²) in [6.45, 7) is 0. The number of aromatic amines is 1. The van der Waals surface area contributed by atoms with Crippen molar-refractivity contribution in [2.75, 3.05) is 7.11 Å². The Morgan fingerprint density at radius 2 is 2.00 bits per heavy atom. The van der Waals surface area contributed by atoms with E-state index in [0.717, 1.165) is 6.08 Å². The SMILES string of the molecule is COc1ccc(/C=C/c2cc(C(F)(F)F)[nH]c(=O)n2)cc1[N+](=O)[O-]. The minimum absolute atomic E-state index is 0.0470. The smallest absolute Gasteiger partial charge is 0.431 e. The molecule has 0 spiro atoms. The van der Waals surface area contributed by atoms with Crippen LogP contribution in [0.4, 0.5) is 18.9 Å². The molecule has 2 rings (SSSR count). The zero-order chi connectivity index (χ0) is 17.9. The van der Waals surface area contributed by atoms with E-state index in [4.69, 9.17) is 4.74 Å². The fourth-order valence-corrected chi connectivity index (χ4v) is 1.85. The molecule has 1 aromatic carbocycles. The first-order chi connectivity index (χ1) is 11.2. The summed E-state index contributed by atoms with van der Waals surface area (Å²) in [7, 11) is 1.27. The minimum Gasteiger partial charge on any atom is -0.490 e. The molecular formula is C14H10F3N3O4. The number of methoxy groups -OCH3 is 1. The summed E-state index contributed by atoms with van der Waals surface area (Å²) in [5.74, 6) is 0.0470. The molecule has 2 aromatic rings. The number of alkyl halides is 3. The van der Waals surface area contributed by atoms with Crippen molar-refractivity contribution in [1.82, 2.24) is 9.97 Å². The molecule has 10 heteroatoms. The van der Waals surface area contributed by atoms with Gasteiger partial charge in [0.25, 0.3) is 0 Å². The number of benzene rings is 1. The summed E-state index contributed by atoms with van der Waals surface area (Å²) in [6.07, 6.45) is -2.27. The summed E-state index contributed by atoms with van der Waals surface area (Å²) < 4.78 is 42.7. The van der Waals surface area contributed by atoms with Crippen LogP contribution < -0.4 is 10.4 Å². The predicted octanol–water partition coefficient (Wildman–Crippen LogP) is 2.88. The molecule has 0 aliphatic rings. The van der Waals surface area contributed by atoms with E-state index in [1.807, 2.05) is 0 Å². The van der Waals surface area contributed by atoms with Crippen molar-refractivity contribution >= 4 is 17.8 Å². The summed E-state index contributed by atoms with van der Waals surface area (Å²) in [5, 5.41) is 10.9. The molecule has 1 N–H and O–H groups in total. The highest BCUT2D eigenvalue weighted by atomic mass is 19.4. The van der Waals surface area contributed by atoms with Crippen LogP contribution in [0.2, 0.25) is 0 Å². The normalized spacial score (nSPS) is 11.7. The van der Waals surface area contributed by atoms with Crippen LogP contribution in [0.5, 0.6) is 5.75 Å². The molecule has 0 radical (unpaired) electrons. The van der Waals surface area contributed by atoms with Crippen LogP contribution in [-0.2, 0) is 6.18 Å². The maximum absolute atomic E-state index is 12.6. The second-order valence-corrected chi connectivity index (χ2v) is 4.54. The van der Waals surface area contributed by atoms with Gasteiger partial charge in [0.1, 0.15) is 5.69 Å². The Balaban J connectivity index is 2.38. The molecule has 0 atom stereocenters. The van der Waals surface area contributed by atoms with E-state index in [0.29, 0.717) is 11.6 Å². The average molecular weight is 341 g/mol. The van der Waals surface area contributed by atoms with Gasteiger partial charge in [-0.3, -0.25) is 10.1 Å². The molecule has 24 heavy (non-hydrogen) atoms. The molecule has 0 saturated carbocycles. The molecular weight excluding hydrogens is 331 g/mol. The summed E-state index contributed by atoms with van der Waals surface area (Å²) in [5.41, 5.74) is -2.58. The Morgan fingerprint density at radius 3 is 2.58 bits per heavy atom. The number of aromatic nitrogens is 2. The predicted molar refractivity (Wildman–Crippen MR) is 78.4 cm³/mol. The number of ether oxygens (including phenoxy) is 1. The van der Waals surface area contributed by atoms with E-state index < -0.39 is 22.5 Å². The number of rotatable bonds is 4. The van der Waals surface area contributed by atoms with Gasteiger partial charge in [-0.25, -0.2) is 4.79 Å². The molecule has 0 aliphatic heterocycles. The molecule has 126 valence electrons. The van der Waals surface area contributed by atoms with Crippen molar-refractivity contribution in [1.29, 1.82) is 0 Å². The van der Waals surface area contributed by atoms with Gasteiger partial charge in [-0.2, -0.15) is 18.2 Å². The topological polar surface area (TPSA) is 98.1 Å². The molecule has 7 nitrogen and oxygen atoms in total. The second kappa shape index (κ2) is 6.52. The van der Waals surface area contributed by atoms with Crippen LogP contribution in [0.25, 0.3) is 12.2 Å². The number of H-pyrrole nitrogens is 1. The lowest BCUT2D eigenvalue weighted by atomic mass is 10.1. The first-order valence-electron chi connectivity index (χ1n) is 6.40. The van der Waals surface area contributed by atoms with E-state index in [1.165, 1.54) is 31.4 Å². The van der Waals surface area contributed by atoms with Gasteiger partial charge in [0, 0.05) is 6.07 Å². The second-order valence-electron chi connectivity index (χ2n) is 4.54. The van der Waals surface area contributed by atoms with Crippen LogP contribution >= 0.6 is 0 Å². The monoisotopic (exact) mass is 341 g/mol. The highest BCUT2D eigenvalue weighted by Crippen LogP contribution is 2.29. The number of nitrogens with one attached hydrogen (secondary N) is 1. The van der Waals surface area contributed by atoms with Gasteiger partial charge in [0.2, 0.25) is 0 Å². The largest absolute Gasteiger partial charge is 0.490 e. The molecule has 1 aromatic heterocycles.